The number of carbonyl (C=O) groups is 1. The maximum absolute atomic E-state index is 10.8. The van der Waals surface area contributed by atoms with E-state index >= 15 is 0 Å². The predicted octanol–water partition coefficient (Wildman–Crippen LogP) is 2.99. The summed E-state index contributed by atoms with van der Waals surface area (Å²) in [5.41, 5.74) is 1.37. The highest BCUT2D eigenvalue weighted by Crippen LogP contribution is 2.23. The molecule has 1 aromatic carbocycles. The molecule has 0 spiro atoms. The van der Waals surface area contributed by atoms with Crippen LogP contribution in [0.3, 0.4) is 0 Å². The topological polar surface area (TPSA) is 30.2 Å². The van der Waals surface area contributed by atoms with Gasteiger partial charge in [-0.3, -0.25) is 4.79 Å². The molecule has 0 aliphatic rings. The molecule has 2 aromatic rings. The van der Waals surface area contributed by atoms with Gasteiger partial charge in [0.25, 0.3) is 5.24 Å². The van der Waals surface area contributed by atoms with Crippen molar-refractivity contribution in [2.24, 2.45) is 0 Å². The minimum Gasteiger partial charge on any atom is -0.451 e. The van der Waals surface area contributed by atoms with Gasteiger partial charge in [0.15, 0.2) is 5.76 Å². The highest BCUT2D eigenvalue weighted by molar-refractivity contribution is 6.67. The van der Waals surface area contributed by atoms with Crippen molar-refractivity contribution in [3.05, 3.63) is 42.5 Å². The third kappa shape index (κ3) is 1.33. The summed E-state index contributed by atoms with van der Waals surface area (Å²) >= 11 is 5.27. The summed E-state index contributed by atoms with van der Waals surface area (Å²) in [6.45, 7) is 3.77. The Morgan fingerprint density at radius 1 is 1.46 bits per heavy atom. The second-order valence-electron chi connectivity index (χ2n) is 2.72. The smallest absolute Gasteiger partial charge is 0.287 e. The van der Waals surface area contributed by atoms with Crippen LogP contribution in [0.25, 0.3) is 11.0 Å². The van der Waals surface area contributed by atoms with Crippen molar-refractivity contribution in [3.63, 3.8) is 0 Å². The maximum atomic E-state index is 10.8. The lowest BCUT2D eigenvalue weighted by atomic mass is 10.2. The standard InChI is InChI=1S/C10H6ClO2/c1-6-3-2-4-7-5-8(10(11)12)13-9(6)7/h2-5H,1H2. The van der Waals surface area contributed by atoms with Gasteiger partial charge in [0.1, 0.15) is 5.58 Å². The van der Waals surface area contributed by atoms with Gasteiger partial charge >= 0.3 is 0 Å². The van der Waals surface area contributed by atoms with E-state index in [1.165, 1.54) is 0 Å². The number of hydrogen-bond donors (Lipinski definition) is 0. The van der Waals surface area contributed by atoms with Gasteiger partial charge in [-0.1, -0.05) is 18.2 Å². The Balaban J connectivity index is 2.75. The molecule has 13 heavy (non-hydrogen) atoms. The Labute approximate surface area is 80.1 Å². The number of para-hydroxylation sites is 1. The van der Waals surface area contributed by atoms with E-state index in [-0.39, 0.29) is 5.76 Å². The highest BCUT2D eigenvalue weighted by Gasteiger charge is 2.09. The maximum Gasteiger partial charge on any atom is 0.287 e. The summed E-state index contributed by atoms with van der Waals surface area (Å²) in [4.78, 5) is 10.8. The zero-order valence-corrected chi connectivity index (χ0v) is 7.47. The number of fused-ring (bicyclic) bond motifs is 1. The van der Waals surface area contributed by atoms with Crippen molar-refractivity contribution in [2.45, 2.75) is 0 Å². The summed E-state index contributed by atoms with van der Waals surface area (Å²) in [5.74, 6) is 0.160. The van der Waals surface area contributed by atoms with E-state index in [4.69, 9.17) is 16.0 Å². The van der Waals surface area contributed by atoms with Crippen molar-refractivity contribution in [1.29, 1.82) is 0 Å². The molecule has 0 N–H and O–H groups in total. The van der Waals surface area contributed by atoms with Gasteiger partial charge in [0, 0.05) is 5.39 Å². The molecule has 65 valence electrons. The molecule has 0 fully saturated rings. The first-order valence-corrected chi connectivity index (χ1v) is 4.10. The van der Waals surface area contributed by atoms with E-state index in [9.17, 15) is 4.79 Å². The van der Waals surface area contributed by atoms with E-state index in [1.54, 1.807) is 6.07 Å². The molecular formula is C10H6ClO2. The molecule has 3 heteroatoms. The fourth-order valence-electron chi connectivity index (χ4n) is 1.22. The van der Waals surface area contributed by atoms with E-state index < -0.39 is 5.24 Å². The van der Waals surface area contributed by atoms with Gasteiger partial charge in [-0.25, -0.2) is 0 Å². The van der Waals surface area contributed by atoms with E-state index in [0.717, 1.165) is 10.9 Å². The quantitative estimate of drug-likeness (QED) is 0.652. The van der Waals surface area contributed by atoms with Crippen molar-refractivity contribution < 1.29 is 9.21 Å². The minimum atomic E-state index is -0.587. The lowest BCUT2D eigenvalue weighted by Gasteiger charge is -1.90. The Morgan fingerprint density at radius 2 is 2.23 bits per heavy atom. The van der Waals surface area contributed by atoms with Crippen LogP contribution in [0.2, 0.25) is 0 Å². The van der Waals surface area contributed by atoms with Crippen molar-refractivity contribution >= 4 is 27.8 Å². The van der Waals surface area contributed by atoms with E-state index in [2.05, 4.69) is 6.92 Å². The predicted molar refractivity (Wildman–Crippen MR) is 50.9 cm³/mol. The number of furan rings is 1. The van der Waals surface area contributed by atoms with Crippen LogP contribution in [0, 0.1) is 6.92 Å². The van der Waals surface area contributed by atoms with Crippen LogP contribution >= 0.6 is 11.6 Å². The van der Waals surface area contributed by atoms with E-state index in [1.807, 2.05) is 18.2 Å². The fraction of sp³-hybridized carbons (Fsp3) is 0. The van der Waals surface area contributed by atoms with Crippen LogP contribution in [0.1, 0.15) is 16.1 Å². The van der Waals surface area contributed by atoms with Crippen molar-refractivity contribution in [2.75, 3.05) is 0 Å². The monoisotopic (exact) mass is 193 g/mol. The van der Waals surface area contributed by atoms with E-state index in [0.29, 0.717) is 5.58 Å². The summed E-state index contributed by atoms with van der Waals surface area (Å²) in [7, 11) is 0. The van der Waals surface area contributed by atoms with Crippen molar-refractivity contribution in [3.8, 4) is 0 Å². The molecule has 0 aliphatic heterocycles. The third-order valence-corrected chi connectivity index (χ3v) is 2.01. The van der Waals surface area contributed by atoms with Gasteiger partial charge in [-0.2, -0.15) is 0 Å². The summed E-state index contributed by atoms with van der Waals surface area (Å²) in [6.07, 6.45) is 0. The molecule has 0 saturated carbocycles. The Kier molecular flexibility index (Phi) is 1.85. The molecule has 0 unspecified atom stereocenters. The molecule has 0 saturated heterocycles. The van der Waals surface area contributed by atoms with Crippen LogP contribution in [0.5, 0.6) is 0 Å². The van der Waals surface area contributed by atoms with Crippen LogP contribution in [0.4, 0.5) is 0 Å². The summed E-state index contributed by atoms with van der Waals surface area (Å²) in [5, 5.41) is 0.257. The molecule has 0 bridgehead atoms. The largest absolute Gasteiger partial charge is 0.451 e. The fourth-order valence-corrected chi connectivity index (χ4v) is 1.31. The number of carbonyl (C=O) groups excluding carboxylic acids is 1. The number of hydrogen-bond acceptors (Lipinski definition) is 2. The van der Waals surface area contributed by atoms with Crippen LogP contribution < -0.4 is 0 Å². The van der Waals surface area contributed by atoms with Gasteiger partial charge in [0.05, 0.1) is 0 Å². The van der Waals surface area contributed by atoms with Crippen LogP contribution in [-0.2, 0) is 0 Å². The summed E-state index contributed by atoms with van der Waals surface area (Å²) < 4.78 is 5.22. The molecule has 2 rings (SSSR count). The van der Waals surface area contributed by atoms with Crippen molar-refractivity contribution in [1.82, 2.24) is 0 Å². The molecule has 0 aliphatic carbocycles. The molecular weight excluding hydrogens is 188 g/mol. The summed E-state index contributed by atoms with van der Waals surface area (Å²) in [6, 6.07) is 7.12. The van der Waals surface area contributed by atoms with Gasteiger partial charge in [-0.15, -0.1) is 0 Å². The van der Waals surface area contributed by atoms with Gasteiger partial charge in [0.2, 0.25) is 0 Å². The lowest BCUT2D eigenvalue weighted by Crippen LogP contribution is -1.81. The Hall–Kier alpha value is -1.28. The molecule has 1 aromatic heterocycles. The first kappa shape index (κ1) is 8.32. The third-order valence-electron chi connectivity index (χ3n) is 1.82. The average molecular weight is 194 g/mol. The first-order valence-electron chi connectivity index (χ1n) is 3.73. The SMILES string of the molecule is [CH2]c1cccc2cc(C(=O)Cl)oc12. The Morgan fingerprint density at radius 3 is 2.85 bits per heavy atom. The second-order valence-corrected chi connectivity index (χ2v) is 3.06. The van der Waals surface area contributed by atoms with Gasteiger partial charge < -0.3 is 4.42 Å². The molecule has 0 atom stereocenters. The minimum absolute atomic E-state index is 0.160. The molecule has 1 heterocycles. The highest BCUT2D eigenvalue weighted by atomic mass is 35.5. The number of benzene rings is 1. The normalized spacial score (nSPS) is 10.6. The zero-order valence-electron chi connectivity index (χ0n) is 6.71. The lowest BCUT2D eigenvalue weighted by molar-refractivity contribution is 0.105. The van der Waals surface area contributed by atoms with Crippen LogP contribution in [-0.4, -0.2) is 5.24 Å². The first-order chi connectivity index (χ1) is 6.18. The van der Waals surface area contributed by atoms with Gasteiger partial charge in [-0.05, 0) is 30.2 Å². The second kappa shape index (κ2) is 2.89. The number of rotatable bonds is 1. The molecule has 0 amide bonds. The average Bonchev–Trinajstić information content (AvgIpc) is 2.49. The zero-order chi connectivity index (χ0) is 9.42. The number of halogens is 1. The molecule has 2 nitrogen and oxygen atoms in total. The van der Waals surface area contributed by atoms with Crippen LogP contribution in [0.15, 0.2) is 28.7 Å². The Bertz CT molecular complexity index is 471. The molecule has 1 radical (unpaired) electrons.